The maximum atomic E-state index is 5.43. The Morgan fingerprint density at radius 3 is 0.698 bits per heavy atom. The second-order valence-corrected chi connectivity index (χ2v) is 28.6. The van der Waals surface area contributed by atoms with Crippen LogP contribution >= 0.6 is 0 Å². The van der Waals surface area contributed by atoms with E-state index in [0.29, 0.717) is 46.6 Å². The van der Waals surface area contributed by atoms with Crippen molar-refractivity contribution in [3.05, 3.63) is 413 Å². The van der Waals surface area contributed by atoms with Gasteiger partial charge >= 0.3 is 0 Å². The van der Waals surface area contributed by atoms with E-state index in [1.807, 2.05) is 133 Å². The quantitative estimate of drug-likeness (QED) is 0.0869. The highest BCUT2D eigenvalue weighted by atomic mass is 15.0. The molecule has 10 nitrogen and oxygen atoms in total. The van der Waals surface area contributed by atoms with Gasteiger partial charge < -0.3 is 0 Å². The molecule has 4 aromatic heterocycles. The molecule has 20 aromatic rings. The van der Waals surface area contributed by atoms with Crippen molar-refractivity contribution < 1.29 is 0 Å². The van der Waals surface area contributed by atoms with Crippen LogP contribution in [0.3, 0.4) is 0 Å². The molecule has 0 aliphatic rings. The molecule has 0 saturated heterocycles. The molecule has 0 amide bonds. The number of aromatic nitrogens is 10. The van der Waals surface area contributed by atoms with Crippen molar-refractivity contribution >= 4 is 21.5 Å². The van der Waals surface area contributed by atoms with Crippen LogP contribution in [0.5, 0.6) is 0 Å². The first-order valence-electron chi connectivity index (χ1n) is 38.7. The van der Waals surface area contributed by atoms with E-state index in [1.165, 1.54) is 0 Å². The zero-order valence-electron chi connectivity index (χ0n) is 62.7. The van der Waals surface area contributed by atoms with Crippen LogP contribution in [0.1, 0.15) is 0 Å². The standard InChI is InChI=1S/C106H68N10/c1-7-28-76(29-8-1)93-67-94(77-30-9-2-10-31-77)108-103(107-93)87-44-24-41-84(65-87)70-50-56-75(57-51-70)92-63-61-73-27-20-22-47-90(73)98(92)106-115-101(81-38-17-6-18-39-81)112-102(116-106)82-58-52-71(53-59-82)85-42-25-45-88(66-85)104-109-95(78-32-11-3-12-33-78)68-96(110-104)86-43-23-40-83(64-86)69-48-54-74(55-49-69)91-62-60-72-26-19-21-46-89(72)97(91)105-113-99(79-34-13-4-14-35-79)111-100(114-105)80-36-15-5-16-37-80/h1-68H. The fourth-order valence-electron chi connectivity index (χ4n) is 15.4. The molecule has 116 heavy (non-hydrogen) atoms. The normalized spacial score (nSPS) is 11.3. The SMILES string of the molecule is c1ccc(-c2cc(-c3ccccc3)nc(-c3cccc(-c4ccc(-c5ccc6ccccc6c5-c5nc(-c6ccccc6)nc(-c6ccc(-c7cccc(-c8nc(-c9ccccc9)cc(-c9cccc(-c%10ccc(-c%11ccc%12ccccc%12c%11-c%11nc(-c%12ccccc%12)nc(-c%12ccccc%12)n%11)cc%10)c9)n8)c7)cc6)n5)cc4)c3)n2)cc1. The monoisotopic (exact) mass is 1480 g/mol. The van der Waals surface area contributed by atoms with Crippen LogP contribution in [0, 0.1) is 0 Å². The van der Waals surface area contributed by atoms with E-state index in [4.69, 9.17) is 49.8 Å². The van der Waals surface area contributed by atoms with Crippen molar-refractivity contribution in [1.29, 1.82) is 0 Å². The third-order valence-electron chi connectivity index (χ3n) is 21.3. The summed E-state index contributed by atoms with van der Waals surface area (Å²) in [7, 11) is 0. The van der Waals surface area contributed by atoms with Crippen molar-refractivity contribution in [2.24, 2.45) is 0 Å². The minimum Gasteiger partial charge on any atom is -0.228 e. The Bertz CT molecular complexity index is 6900. The lowest BCUT2D eigenvalue weighted by Crippen LogP contribution is -2.01. The molecule has 0 fully saturated rings. The van der Waals surface area contributed by atoms with E-state index < -0.39 is 0 Å². The topological polar surface area (TPSA) is 129 Å². The van der Waals surface area contributed by atoms with Gasteiger partial charge in [-0.15, -0.1) is 0 Å². The second-order valence-electron chi connectivity index (χ2n) is 28.6. The molecule has 0 atom stereocenters. The average Bonchev–Trinajstić information content (AvgIpc) is 0.761. The average molecular weight is 1480 g/mol. The molecule has 20 rings (SSSR count). The third-order valence-corrected chi connectivity index (χ3v) is 21.3. The predicted octanol–water partition coefficient (Wildman–Crippen LogP) is 26.3. The van der Waals surface area contributed by atoms with Crippen molar-refractivity contribution in [3.63, 3.8) is 0 Å². The summed E-state index contributed by atoms with van der Waals surface area (Å²) >= 11 is 0. The van der Waals surface area contributed by atoms with Gasteiger partial charge in [0, 0.05) is 66.8 Å². The number of hydrogen-bond acceptors (Lipinski definition) is 10. The summed E-state index contributed by atoms with van der Waals surface area (Å²) in [5.74, 6) is 4.80. The van der Waals surface area contributed by atoms with E-state index in [0.717, 1.165) is 167 Å². The summed E-state index contributed by atoms with van der Waals surface area (Å²) in [4.78, 5) is 52.5. The molecular formula is C106H68N10. The molecule has 0 radical (unpaired) electrons. The largest absolute Gasteiger partial charge is 0.228 e. The second kappa shape index (κ2) is 30.8. The summed E-state index contributed by atoms with van der Waals surface area (Å²) in [6.45, 7) is 0. The summed E-state index contributed by atoms with van der Waals surface area (Å²) in [5, 5.41) is 4.26. The molecule has 0 unspecified atom stereocenters. The van der Waals surface area contributed by atoms with Crippen molar-refractivity contribution in [2.75, 3.05) is 0 Å². The summed E-state index contributed by atoms with van der Waals surface area (Å²) < 4.78 is 0. The van der Waals surface area contributed by atoms with Crippen LogP contribution in [0.4, 0.5) is 0 Å². The lowest BCUT2D eigenvalue weighted by atomic mass is 9.92. The number of benzene rings is 16. The van der Waals surface area contributed by atoms with Gasteiger partial charge in [-0.05, 0) is 108 Å². The van der Waals surface area contributed by atoms with Crippen molar-refractivity contribution in [2.45, 2.75) is 0 Å². The molecular weight excluding hydrogens is 1410 g/mol. The van der Waals surface area contributed by atoms with Crippen LogP contribution in [0.15, 0.2) is 413 Å². The Labute approximate surface area is 671 Å². The van der Waals surface area contributed by atoms with Crippen molar-refractivity contribution in [1.82, 2.24) is 49.8 Å². The smallest absolute Gasteiger partial charge is 0.165 e. The van der Waals surface area contributed by atoms with Gasteiger partial charge in [-0.2, -0.15) is 0 Å². The van der Waals surface area contributed by atoms with Crippen LogP contribution in [-0.4, -0.2) is 49.8 Å². The first kappa shape index (κ1) is 69.4. The minimum atomic E-state index is 0.556. The summed E-state index contributed by atoms with van der Waals surface area (Å²) in [6.07, 6.45) is 0. The maximum Gasteiger partial charge on any atom is 0.165 e. The van der Waals surface area contributed by atoms with E-state index in [9.17, 15) is 0 Å². The van der Waals surface area contributed by atoms with E-state index in [-0.39, 0.29) is 0 Å². The minimum absolute atomic E-state index is 0.556. The summed E-state index contributed by atoms with van der Waals surface area (Å²) in [6, 6.07) is 143. The number of fused-ring (bicyclic) bond motifs is 2. The fourth-order valence-corrected chi connectivity index (χ4v) is 15.4. The Kier molecular flexibility index (Phi) is 18.4. The van der Waals surface area contributed by atoms with Gasteiger partial charge in [0.15, 0.2) is 46.6 Å². The zero-order chi connectivity index (χ0) is 77.1. The molecule has 10 heteroatoms. The molecule has 0 bridgehead atoms. The Balaban J connectivity index is 0.609. The van der Waals surface area contributed by atoms with Crippen LogP contribution in [0.25, 0.3) is 213 Å². The predicted molar refractivity (Wildman–Crippen MR) is 472 cm³/mol. The molecule has 0 aliphatic heterocycles. The molecule has 0 N–H and O–H groups in total. The Morgan fingerprint density at radius 2 is 0.353 bits per heavy atom. The van der Waals surface area contributed by atoms with Crippen LogP contribution in [-0.2, 0) is 0 Å². The number of hydrogen-bond donors (Lipinski definition) is 0. The van der Waals surface area contributed by atoms with Crippen molar-refractivity contribution in [3.8, 4) is 192 Å². The molecule has 542 valence electrons. The van der Waals surface area contributed by atoms with Gasteiger partial charge in [0.05, 0.1) is 22.8 Å². The lowest BCUT2D eigenvalue weighted by Gasteiger charge is -2.15. The van der Waals surface area contributed by atoms with Crippen LogP contribution < -0.4 is 0 Å². The van der Waals surface area contributed by atoms with E-state index >= 15 is 0 Å². The maximum absolute atomic E-state index is 5.43. The first-order chi connectivity index (χ1) is 57.4. The van der Waals surface area contributed by atoms with E-state index in [2.05, 4.69) is 279 Å². The first-order valence-corrected chi connectivity index (χ1v) is 38.7. The Hall–Kier alpha value is -15.8. The van der Waals surface area contributed by atoms with Crippen LogP contribution in [0.2, 0.25) is 0 Å². The van der Waals surface area contributed by atoms with E-state index in [1.54, 1.807) is 0 Å². The molecule has 4 heterocycles. The van der Waals surface area contributed by atoms with Gasteiger partial charge in [0.1, 0.15) is 0 Å². The number of nitrogens with zero attached hydrogens (tertiary/aromatic N) is 10. The molecule has 16 aromatic carbocycles. The zero-order valence-corrected chi connectivity index (χ0v) is 62.7. The Morgan fingerprint density at radius 1 is 0.121 bits per heavy atom. The lowest BCUT2D eigenvalue weighted by molar-refractivity contribution is 1.08. The van der Waals surface area contributed by atoms with Gasteiger partial charge in [0.2, 0.25) is 0 Å². The third kappa shape index (κ3) is 14.1. The molecule has 0 saturated carbocycles. The van der Waals surface area contributed by atoms with Gasteiger partial charge in [-0.3, -0.25) is 0 Å². The fraction of sp³-hybridized carbons (Fsp3) is 0. The molecule has 0 aliphatic carbocycles. The van der Waals surface area contributed by atoms with Gasteiger partial charge in [-0.25, -0.2) is 49.8 Å². The van der Waals surface area contributed by atoms with Gasteiger partial charge in [0.25, 0.3) is 0 Å². The number of rotatable bonds is 17. The highest BCUT2D eigenvalue weighted by molar-refractivity contribution is 6.05. The highest BCUT2D eigenvalue weighted by Crippen LogP contribution is 2.43. The highest BCUT2D eigenvalue weighted by Gasteiger charge is 2.23. The molecule has 0 spiro atoms. The summed E-state index contributed by atoms with van der Waals surface area (Å²) in [5.41, 5.74) is 24.9. The van der Waals surface area contributed by atoms with Gasteiger partial charge in [-0.1, -0.05) is 382 Å².